The van der Waals surface area contributed by atoms with Crippen molar-refractivity contribution in [2.24, 2.45) is 0 Å². The molecule has 0 radical (unpaired) electrons. The molecule has 0 unspecified atom stereocenters. The third-order valence-corrected chi connectivity index (χ3v) is 7.19. The van der Waals surface area contributed by atoms with Crippen molar-refractivity contribution >= 4 is 27.5 Å². The van der Waals surface area contributed by atoms with Gasteiger partial charge in [0, 0.05) is 12.6 Å². The Morgan fingerprint density at radius 1 is 0.971 bits per heavy atom. The molecule has 2 amide bonds. The molecule has 0 saturated carbocycles. The van der Waals surface area contributed by atoms with Gasteiger partial charge >= 0.3 is 0 Å². The van der Waals surface area contributed by atoms with Gasteiger partial charge in [-0.15, -0.1) is 0 Å². The number of hydrogen-bond donors (Lipinski definition) is 1. The quantitative estimate of drug-likeness (QED) is 0.479. The van der Waals surface area contributed by atoms with Crippen molar-refractivity contribution in [2.45, 2.75) is 66.0 Å². The minimum Gasteiger partial charge on any atom is -0.352 e. The number of carbonyl (C=O) groups excluding carboxylic acids is 2. The molecule has 0 aromatic heterocycles. The first-order valence-corrected chi connectivity index (χ1v) is 14.0. The highest BCUT2D eigenvalue weighted by atomic mass is 32.2. The molecule has 0 spiro atoms. The summed E-state index contributed by atoms with van der Waals surface area (Å²) in [5.41, 5.74) is 3.29. The summed E-state index contributed by atoms with van der Waals surface area (Å²) in [6.07, 6.45) is 2.85. The van der Waals surface area contributed by atoms with Crippen LogP contribution in [-0.2, 0) is 26.0 Å². The average molecular weight is 502 g/mol. The lowest BCUT2D eigenvalue weighted by atomic mass is 10.1. The third-order valence-electron chi connectivity index (χ3n) is 6.04. The van der Waals surface area contributed by atoms with E-state index in [4.69, 9.17) is 0 Å². The SMILES string of the molecule is CC[C@@H](C)NC(=O)[C@H](CC)N(CCc1ccccc1)C(=O)CN(c1cc(C)cc(C)c1)S(C)(=O)=O. The number of hydrogen-bond acceptors (Lipinski definition) is 4. The number of amides is 2. The normalized spacial score (nSPS) is 13.1. The second kappa shape index (κ2) is 12.7. The van der Waals surface area contributed by atoms with Crippen molar-refractivity contribution in [3.63, 3.8) is 0 Å². The Bertz CT molecular complexity index is 1080. The van der Waals surface area contributed by atoms with Gasteiger partial charge in [-0.05, 0) is 68.9 Å². The second-order valence-electron chi connectivity index (χ2n) is 9.18. The number of rotatable bonds is 12. The van der Waals surface area contributed by atoms with Crippen molar-refractivity contribution < 1.29 is 18.0 Å². The Morgan fingerprint density at radius 3 is 2.09 bits per heavy atom. The Balaban J connectivity index is 2.39. The molecule has 0 aliphatic carbocycles. The van der Waals surface area contributed by atoms with E-state index in [2.05, 4.69) is 5.32 Å². The van der Waals surface area contributed by atoms with Gasteiger partial charge in [-0.3, -0.25) is 13.9 Å². The van der Waals surface area contributed by atoms with Gasteiger partial charge in [0.2, 0.25) is 21.8 Å². The molecule has 2 aromatic rings. The molecule has 0 fully saturated rings. The molecule has 192 valence electrons. The van der Waals surface area contributed by atoms with E-state index in [1.54, 1.807) is 12.1 Å². The number of benzene rings is 2. The Hall–Kier alpha value is -2.87. The number of sulfonamides is 1. The number of carbonyl (C=O) groups is 2. The van der Waals surface area contributed by atoms with E-state index in [0.29, 0.717) is 25.1 Å². The summed E-state index contributed by atoms with van der Waals surface area (Å²) in [6.45, 7) is 9.48. The van der Waals surface area contributed by atoms with Gasteiger partial charge in [-0.1, -0.05) is 50.2 Å². The lowest BCUT2D eigenvalue weighted by Crippen LogP contribution is -2.54. The zero-order chi connectivity index (χ0) is 26.2. The van der Waals surface area contributed by atoms with Crippen LogP contribution in [0.15, 0.2) is 48.5 Å². The fraction of sp³-hybridized carbons (Fsp3) is 0.481. The van der Waals surface area contributed by atoms with Crippen molar-refractivity contribution in [1.29, 1.82) is 0 Å². The molecular weight excluding hydrogens is 462 g/mol. The van der Waals surface area contributed by atoms with Gasteiger partial charge in [0.1, 0.15) is 12.6 Å². The van der Waals surface area contributed by atoms with E-state index in [1.807, 2.05) is 71.0 Å². The fourth-order valence-corrected chi connectivity index (χ4v) is 4.88. The van der Waals surface area contributed by atoms with Crippen LogP contribution < -0.4 is 9.62 Å². The number of aryl methyl sites for hydroxylation is 2. The third kappa shape index (κ3) is 8.38. The van der Waals surface area contributed by atoms with Crippen LogP contribution in [0.2, 0.25) is 0 Å². The summed E-state index contributed by atoms with van der Waals surface area (Å²) < 4.78 is 26.6. The van der Waals surface area contributed by atoms with Crippen molar-refractivity contribution in [3.8, 4) is 0 Å². The van der Waals surface area contributed by atoms with E-state index in [1.165, 1.54) is 4.90 Å². The molecule has 0 bridgehead atoms. The van der Waals surface area contributed by atoms with Crippen LogP contribution in [0.4, 0.5) is 5.69 Å². The molecule has 2 aromatic carbocycles. The van der Waals surface area contributed by atoms with Crippen LogP contribution in [0.3, 0.4) is 0 Å². The number of anilines is 1. The Kier molecular flexibility index (Phi) is 10.3. The van der Waals surface area contributed by atoms with Crippen LogP contribution in [0.1, 0.15) is 50.3 Å². The molecule has 0 aliphatic heterocycles. The van der Waals surface area contributed by atoms with Crippen molar-refractivity contribution in [3.05, 3.63) is 65.2 Å². The molecule has 2 rings (SSSR count). The Morgan fingerprint density at radius 2 is 1.57 bits per heavy atom. The molecule has 7 nitrogen and oxygen atoms in total. The zero-order valence-corrected chi connectivity index (χ0v) is 22.6. The van der Waals surface area contributed by atoms with E-state index >= 15 is 0 Å². The monoisotopic (exact) mass is 501 g/mol. The first-order valence-electron chi connectivity index (χ1n) is 12.2. The molecule has 35 heavy (non-hydrogen) atoms. The minimum absolute atomic E-state index is 0.0228. The molecule has 1 N–H and O–H groups in total. The summed E-state index contributed by atoms with van der Waals surface area (Å²) >= 11 is 0. The highest BCUT2D eigenvalue weighted by Crippen LogP contribution is 2.22. The summed E-state index contributed by atoms with van der Waals surface area (Å²) in [5.74, 6) is -0.628. The van der Waals surface area contributed by atoms with Gasteiger partial charge < -0.3 is 10.2 Å². The summed E-state index contributed by atoms with van der Waals surface area (Å²) in [6, 6.07) is 14.5. The molecular formula is C27H39N3O4S. The summed E-state index contributed by atoms with van der Waals surface area (Å²) in [5, 5.41) is 2.98. The fourth-order valence-electron chi connectivity index (χ4n) is 4.05. The maximum atomic E-state index is 13.7. The van der Waals surface area contributed by atoms with Crippen molar-refractivity contribution in [1.82, 2.24) is 10.2 Å². The number of nitrogens with one attached hydrogen (secondary N) is 1. The summed E-state index contributed by atoms with van der Waals surface area (Å²) in [7, 11) is -3.74. The van der Waals surface area contributed by atoms with E-state index in [-0.39, 0.29) is 18.5 Å². The predicted octanol–water partition coefficient (Wildman–Crippen LogP) is 3.83. The highest BCUT2D eigenvalue weighted by molar-refractivity contribution is 7.92. The lowest BCUT2D eigenvalue weighted by molar-refractivity contribution is -0.139. The predicted molar refractivity (Wildman–Crippen MR) is 142 cm³/mol. The molecule has 8 heteroatoms. The molecule has 0 aliphatic rings. The van der Waals surface area contributed by atoms with Gasteiger partial charge in [-0.25, -0.2) is 8.42 Å². The van der Waals surface area contributed by atoms with Crippen LogP contribution in [0.5, 0.6) is 0 Å². The van der Waals surface area contributed by atoms with Crippen molar-refractivity contribution in [2.75, 3.05) is 23.7 Å². The maximum Gasteiger partial charge on any atom is 0.244 e. The van der Waals surface area contributed by atoms with Gasteiger partial charge in [0.25, 0.3) is 0 Å². The number of nitrogens with zero attached hydrogens (tertiary/aromatic N) is 2. The van der Waals surface area contributed by atoms with E-state index in [9.17, 15) is 18.0 Å². The van der Waals surface area contributed by atoms with Gasteiger partial charge in [0.15, 0.2) is 0 Å². The minimum atomic E-state index is -3.74. The first kappa shape index (κ1) is 28.4. The standard InChI is InChI=1S/C27H39N3O4S/c1-7-22(5)28-27(32)25(8-2)29(15-14-23-12-10-9-11-13-23)26(31)19-30(35(6,33)34)24-17-20(3)16-21(4)18-24/h9-13,16-18,22,25H,7-8,14-15,19H2,1-6H3,(H,28,32)/t22-,25+/m1/s1. The average Bonchev–Trinajstić information content (AvgIpc) is 2.78. The van der Waals surface area contributed by atoms with Crippen LogP contribution in [-0.4, -0.2) is 56.6 Å². The summed E-state index contributed by atoms with van der Waals surface area (Å²) in [4.78, 5) is 28.3. The lowest BCUT2D eigenvalue weighted by Gasteiger charge is -2.33. The second-order valence-corrected chi connectivity index (χ2v) is 11.1. The smallest absolute Gasteiger partial charge is 0.244 e. The molecule has 0 heterocycles. The van der Waals surface area contributed by atoms with Gasteiger partial charge in [-0.2, -0.15) is 0 Å². The largest absolute Gasteiger partial charge is 0.352 e. The van der Waals surface area contributed by atoms with Gasteiger partial charge in [0.05, 0.1) is 11.9 Å². The van der Waals surface area contributed by atoms with Crippen LogP contribution in [0, 0.1) is 13.8 Å². The molecule has 2 atom stereocenters. The zero-order valence-electron chi connectivity index (χ0n) is 21.7. The van der Waals surface area contributed by atoms with Crippen LogP contribution in [0.25, 0.3) is 0 Å². The van der Waals surface area contributed by atoms with E-state index in [0.717, 1.165) is 33.7 Å². The topological polar surface area (TPSA) is 86.8 Å². The van der Waals surface area contributed by atoms with E-state index < -0.39 is 22.0 Å². The first-order chi connectivity index (χ1) is 16.5. The maximum absolute atomic E-state index is 13.7. The van der Waals surface area contributed by atoms with Crippen LogP contribution >= 0.6 is 0 Å². The molecule has 0 saturated heterocycles. The highest BCUT2D eigenvalue weighted by Gasteiger charge is 2.31. The Labute approximate surface area is 210 Å².